The van der Waals surface area contributed by atoms with Crippen LogP contribution in [0.3, 0.4) is 0 Å². The van der Waals surface area contributed by atoms with Gasteiger partial charge in [0.15, 0.2) is 0 Å². The zero-order chi connectivity index (χ0) is 13.5. The van der Waals surface area contributed by atoms with Crippen molar-refractivity contribution in [3.63, 3.8) is 0 Å². The van der Waals surface area contributed by atoms with Gasteiger partial charge in [-0.15, -0.1) is 0 Å². The van der Waals surface area contributed by atoms with Crippen LogP contribution in [0.25, 0.3) is 0 Å². The second-order valence-electron chi connectivity index (χ2n) is 4.93. The minimum atomic E-state index is -0.818. The van der Waals surface area contributed by atoms with Crippen molar-refractivity contribution < 1.29 is 14.7 Å². The summed E-state index contributed by atoms with van der Waals surface area (Å²) in [4.78, 5) is 22.8. The molecule has 18 heavy (non-hydrogen) atoms. The number of hydrogen-bond donors (Lipinski definition) is 2. The van der Waals surface area contributed by atoms with Crippen LogP contribution in [0.2, 0.25) is 0 Å². The highest BCUT2D eigenvalue weighted by Crippen LogP contribution is 2.19. The zero-order valence-electron chi connectivity index (χ0n) is 11.2. The normalized spacial score (nSPS) is 23.9. The first-order chi connectivity index (χ1) is 8.58. The zero-order valence-corrected chi connectivity index (χ0v) is 11.2. The molecule has 1 aliphatic rings. The topological polar surface area (TPSA) is 66.4 Å². The van der Waals surface area contributed by atoms with E-state index in [0.717, 1.165) is 25.7 Å². The number of unbranched alkanes of at least 4 members (excludes halogenated alkanes) is 1. The van der Waals surface area contributed by atoms with E-state index >= 15 is 0 Å². The molecular weight excluding hydrogens is 230 g/mol. The number of carboxylic acid groups (broad SMARTS) is 1. The van der Waals surface area contributed by atoms with E-state index in [0.29, 0.717) is 6.42 Å². The molecule has 0 bridgehead atoms. The van der Waals surface area contributed by atoms with Gasteiger partial charge in [-0.3, -0.25) is 9.59 Å². The smallest absolute Gasteiger partial charge is 0.310 e. The average molecular weight is 253 g/mol. The number of carbonyl (C=O) groups excluding carboxylic acids is 1. The van der Waals surface area contributed by atoms with Crippen LogP contribution in [0.5, 0.6) is 0 Å². The third kappa shape index (κ3) is 4.17. The maximum Gasteiger partial charge on any atom is 0.310 e. The molecule has 0 spiro atoms. The molecule has 1 amide bonds. The van der Waals surface area contributed by atoms with Crippen molar-refractivity contribution in [3.05, 3.63) is 12.2 Å². The lowest BCUT2D eigenvalue weighted by atomic mass is 9.98. The van der Waals surface area contributed by atoms with Crippen molar-refractivity contribution in [2.75, 3.05) is 0 Å². The fourth-order valence-corrected chi connectivity index (χ4v) is 2.26. The molecule has 102 valence electrons. The fourth-order valence-electron chi connectivity index (χ4n) is 2.26. The van der Waals surface area contributed by atoms with Gasteiger partial charge in [0.25, 0.3) is 0 Å². The molecule has 0 saturated heterocycles. The highest BCUT2D eigenvalue weighted by atomic mass is 16.4. The van der Waals surface area contributed by atoms with Gasteiger partial charge in [-0.1, -0.05) is 38.8 Å². The maximum atomic E-state index is 12.0. The molecule has 2 N–H and O–H groups in total. The maximum absolute atomic E-state index is 12.0. The van der Waals surface area contributed by atoms with Crippen molar-refractivity contribution in [2.45, 2.75) is 52.0 Å². The summed E-state index contributed by atoms with van der Waals surface area (Å²) in [5, 5.41) is 11.8. The molecule has 0 aromatic rings. The molecular formula is C14H23NO3. The lowest BCUT2D eigenvalue weighted by Gasteiger charge is -2.18. The molecule has 4 nitrogen and oxygen atoms in total. The highest BCUT2D eigenvalue weighted by Gasteiger charge is 2.26. The fraction of sp³-hybridized carbons (Fsp3) is 0.714. The van der Waals surface area contributed by atoms with Crippen LogP contribution in [-0.2, 0) is 9.59 Å². The van der Waals surface area contributed by atoms with Crippen molar-refractivity contribution in [1.29, 1.82) is 0 Å². The van der Waals surface area contributed by atoms with E-state index in [1.54, 1.807) is 12.2 Å². The highest BCUT2D eigenvalue weighted by molar-refractivity contribution is 5.79. The van der Waals surface area contributed by atoms with Crippen LogP contribution in [0.4, 0.5) is 0 Å². The Hall–Kier alpha value is -1.32. The Bertz CT molecular complexity index is 325. The van der Waals surface area contributed by atoms with Gasteiger partial charge >= 0.3 is 5.97 Å². The SMILES string of the molecule is CCCCC(CC)C(=O)NC1C=CC(C(=O)O)C1. The Labute approximate surface area is 108 Å². The monoisotopic (exact) mass is 253 g/mol. The largest absolute Gasteiger partial charge is 0.481 e. The van der Waals surface area contributed by atoms with Crippen LogP contribution in [-0.4, -0.2) is 23.0 Å². The van der Waals surface area contributed by atoms with Crippen LogP contribution in [0.1, 0.15) is 46.0 Å². The van der Waals surface area contributed by atoms with Crippen molar-refractivity contribution in [3.8, 4) is 0 Å². The Balaban J connectivity index is 2.40. The lowest BCUT2D eigenvalue weighted by molar-refractivity contribution is -0.140. The van der Waals surface area contributed by atoms with Crippen LogP contribution in [0.15, 0.2) is 12.2 Å². The molecule has 1 aliphatic carbocycles. The van der Waals surface area contributed by atoms with Gasteiger partial charge in [-0.05, 0) is 19.3 Å². The molecule has 3 unspecified atom stereocenters. The summed E-state index contributed by atoms with van der Waals surface area (Å²) < 4.78 is 0. The molecule has 0 radical (unpaired) electrons. The number of hydrogen-bond acceptors (Lipinski definition) is 2. The Morgan fingerprint density at radius 1 is 1.39 bits per heavy atom. The summed E-state index contributed by atoms with van der Waals surface area (Å²) >= 11 is 0. The second kappa shape index (κ2) is 7.19. The minimum Gasteiger partial charge on any atom is -0.481 e. The summed E-state index contributed by atoms with van der Waals surface area (Å²) in [7, 11) is 0. The van der Waals surface area contributed by atoms with Crippen LogP contribution in [0, 0.1) is 11.8 Å². The van der Waals surface area contributed by atoms with Gasteiger partial charge in [-0.25, -0.2) is 0 Å². The van der Waals surface area contributed by atoms with Gasteiger partial charge in [0, 0.05) is 12.0 Å². The average Bonchev–Trinajstić information content (AvgIpc) is 2.78. The predicted octanol–water partition coefficient (Wildman–Crippen LogP) is 2.35. The molecule has 1 rings (SSSR count). The van der Waals surface area contributed by atoms with Gasteiger partial charge in [-0.2, -0.15) is 0 Å². The van der Waals surface area contributed by atoms with Crippen molar-refractivity contribution in [2.24, 2.45) is 11.8 Å². The quantitative estimate of drug-likeness (QED) is 0.684. The summed E-state index contributed by atoms with van der Waals surface area (Å²) in [6.07, 6.45) is 7.84. The number of nitrogens with one attached hydrogen (secondary N) is 1. The van der Waals surface area contributed by atoms with Crippen LogP contribution < -0.4 is 5.32 Å². The molecule has 4 heteroatoms. The Kier molecular flexibility index (Phi) is 5.89. The Morgan fingerprint density at radius 2 is 2.11 bits per heavy atom. The summed E-state index contributed by atoms with van der Waals surface area (Å²) in [6.45, 7) is 4.13. The minimum absolute atomic E-state index is 0.0576. The van der Waals surface area contributed by atoms with E-state index in [2.05, 4.69) is 12.2 Å². The second-order valence-corrected chi connectivity index (χ2v) is 4.93. The summed E-state index contributed by atoms with van der Waals surface area (Å²) in [5.41, 5.74) is 0. The predicted molar refractivity (Wildman–Crippen MR) is 70.1 cm³/mol. The van der Waals surface area contributed by atoms with Crippen LogP contribution >= 0.6 is 0 Å². The number of carboxylic acids is 1. The summed E-state index contributed by atoms with van der Waals surface area (Å²) in [5.74, 6) is -1.15. The first-order valence-corrected chi connectivity index (χ1v) is 6.80. The number of aliphatic carboxylic acids is 1. The Morgan fingerprint density at radius 3 is 2.61 bits per heavy atom. The van der Waals surface area contributed by atoms with E-state index in [1.165, 1.54) is 0 Å². The van der Waals surface area contributed by atoms with E-state index in [9.17, 15) is 9.59 Å². The third-order valence-corrected chi connectivity index (χ3v) is 3.50. The van der Waals surface area contributed by atoms with E-state index in [1.807, 2.05) is 6.92 Å². The molecule has 3 atom stereocenters. The van der Waals surface area contributed by atoms with E-state index < -0.39 is 11.9 Å². The van der Waals surface area contributed by atoms with Gasteiger partial charge in [0.1, 0.15) is 0 Å². The van der Waals surface area contributed by atoms with Crippen molar-refractivity contribution in [1.82, 2.24) is 5.32 Å². The van der Waals surface area contributed by atoms with Gasteiger partial charge in [0.05, 0.1) is 5.92 Å². The van der Waals surface area contributed by atoms with E-state index in [-0.39, 0.29) is 17.9 Å². The molecule has 0 fully saturated rings. The molecule has 0 saturated carbocycles. The van der Waals surface area contributed by atoms with E-state index in [4.69, 9.17) is 5.11 Å². The van der Waals surface area contributed by atoms with Gasteiger partial charge < -0.3 is 10.4 Å². The molecule has 0 aromatic heterocycles. The number of rotatable bonds is 7. The standard InChI is InChI=1S/C14H23NO3/c1-3-5-6-10(4-2)13(16)15-12-8-7-11(9-12)14(17)18/h7-8,10-12H,3-6,9H2,1-2H3,(H,15,16)(H,17,18). The molecule has 0 aliphatic heterocycles. The molecule has 0 aromatic carbocycles. The third-order valence-electron chi connectivity index (χ3n) is 3.50. The number of carbonyl (C=O) groups is 2. The first kappa shape index (κ1) is 14.7. The lowest BCUT2D eigenvalue weighted by Crippen LogP contribution is -2.37. The molecule has 0 heterocycles. The summed E-state index contributed by atoms with van der Waals surface area (Å²) in [6, 6.07) is -0.116. The van der Waals surface area contributed by atoms with Gasteiger partial charge in [0.2, 0.25) is 5.91 Å². The first-order valence-electron chi connectivity index (χ1n) is 6.80. The number of amides is 1. The van der Waals surface area contributed by atoms with Crippen molar-refractivity contribution >= 4 is 11.9 Å².